The molecule has 0 aliphatic heterocycles. The molecule has 0 radical (unpaired) electrons. The maximum absolute atomic E-state index is 8.84. The monoisotopic (exact) mass is 155 g/mol. The highest BCUT2D eigenvalue weighted by molar-refractivity contribution is 5.35. The van der Waals surface area contributed by atoms with Crippen molar-refractivity contribution in [2.24, 2.45) is 11.5 Å². The lowest BCUT2D eigenvalue weighted by molar-refractivity contribution is 0.482. The lowest BCUT2D eigenvalue weighted by Gasteiger charge is -1.87. The van der Waals surface area contributed by atoms with Gasteiger partial charge in [-0.25, -0.2) is 0 Å². The zero-order valence-corrected chi connectivity index (χ0v) is 5.70. The maximum Gasteiger partial charge on any atom is 0.206 e. The molecular weight excluding hydrogens is 146 g/mol. The van der Waals surface area contributed by atoms with Gasteiger partial charge in [-0.3, -0.25) is 0 Å². The van der Waals surface area contributed by atoms with E-state index in [0.29, 0.717) is 5.22 Å². The van der Waals surface area contributed by atoms with Gasteiger partial charge in [0.25, 0.3) is 0 Å². The third-order valence-electron chi connectivity index (χ3n) is 1.28. The van der Waals surface area contributed by atoms with Crippen molar-refractivity contribution in [1.82, 2.24) is 4.98 Å². The van der Waals surface area contributed by atoms with Gasteiger partial charge in [0.2, 0.25) is 5.88 Å². The number of hydrogen-bond acceptors (Lipinski definition) is 4. The van der Waals surface area contributed by atoms with Crippen LogP contribution in [-0.4, -0.2) is 15.2 Å². The number of nitrogens with two attached hydrogens (primary N) is 2. The summed E-state index contributed by atoms with van der Waals surface area (Å²) in [4.78, 5) is 2.61. The van der Waals surface area contributed by atoms with Gasteiger partial charge < -0.3 is 26.7 Å². The molecule has 7 N–H and O–H groups in total. The fourth-order valence-corrected chi connectivity index (χ4v) is 0.795. The third kappa shape index (κ3) is 1.21. The van der Waals surface area contributed by atoms with E-state index in [4.69, 9.17) is 21.7 Å². The number of nitrogens with one attached hydrogen (secondary N) is 1. The highest BCUT2D eigenvalue weighted by Gasteiger charge is 1.94. The van der Waals surface area contributed by atoms with Crippen LogP contribution < -0.4 is 22.0 Å². The van der Waals surface area contributed by atoms with E-state index in [1.807, 2.05) is 0 Å². The molecule has 0 fully saturated rings. The highest BCUT2D eigenvalue weighted by atomic mass is 16.3. The Morgan fingerprint density at radius 3 is 2.27 bits per heavy atom. The van der Waals surface area contributed by atoms with E-state index in [9.17, 15) is 0 Å². The van der Waals surface area contributed by atoms with Crippen LogP contribution >= 0.6 is 0 Å². The van der Waals surface area contributed by atoms with Crippen molar-refractivity contribution < 1.29 is 10.2 Å². The van der Waals surface area contributed by atoms with Crippen LogP contribution in [0, 0.1) is 0 Å². The van der Waals surface area contributed by atoms with Crippen molar-refractivity contribution in [2.45, 2.75) is 0 Å². The molecule has 5 nitrogen and oxygen atoms in total. The number of H-pyrrole nitrogens is 1. The van der Waals surface area contributed by atoms with Gasteiger partial charge in [-0.15, -0.1) is 0 Å². The van der Waals surface area contributed by atoms with E-state index in [1.165, 1.54) is 12.3 Å². The predicted molar refractivity (Wildman–Crippen MR) is 40.5 cm³/mol. The number of aliphatic hydroxyl groups is 2. The van der Waals surface area contributed by atoms with Gasteiger partial charge in [0.15, 0.2) is 5.88 Å². The van der Waals surface area contributed by atoms with Crippen molar-refractivity contribution in [2.75, 3.05) is 0 Å². The van der Waals surface area contributed by atoms with Crippen molar-refractivity contribution in [3.8, 4) is 0 Å². The Morgan fingerprint density at radius 2 is 1.91 bits per heavy atom. The Balaban J connectivity index is 3.68. The lowest BCUT2D eigenvalue weighted by Crippen LogP contribution is -2.32. The zero-order chi connectivity index (χ0) is 8.43. The quantitative estimate of drug-likeness (QED) is 0.304. The maximum atomic E-state index is 8.84. The summed E-state index contributed by atoms with van der Waals surface area (Å²) in [5, 5.41) is 18.2. The standard InChI is InChI=1S/C6H9N3O2/c7-5(10)3-1-2-9-4(3)6(8)11/h1-2,9-11H,7-8H2/b5-3+,6-4-. The van der Waals surface area contributed by atoms with Gasteiger partial charge >= 0.3 is 0 Å². The molecule has 1 heterocycles. The van der Waals surface area contributed by atoms with Gasteiger partial charge in [0.1, 0.15) is 5.35 Å². The van der Waals surface area contributed by atoms with E-state index in [0.717, 1.165) is 0 Å². The summed E-state index contributed by atoms with van der Waals surface area (Å²) in [7, 11) is 0. The molecule has 11 heavy (non-hydrogen) atoms. The summed E-state index contributed by atoms with van der Waals surface area (Å²) in [6.07, 6.45) is 1.51. The molecule has 0 aromatic carbocycles. The van der Waals surface area contributed by atoms with Crippen LogP contribution in [0.5, 0.6) is 0 Å². The molecule has 0 amide bonds. The number of aliphatic hydroxyl groups excluding tert-OH is 2. The minimum absolute atomic E-state index is 0.227. The first-order valence-corrected chi connectivity index (χ1v) is 2.94. The second kappa shape index (κ2) is 2.45. The smallest absolute Gasteiger partial charge is 0.206 e. The normalized spacial score (nSPS) is 16.0. The van der Waals surface area contributed by atoms with Crippen LogP contribution in [-0.2, 0) is 0 Å². The van der Waals surface area contributed by atoms with Gasteiger partial charge in [-0.05, 0) is 6.07 Å². The molecule has 60 valence electrons. The first kappa shape index (κ1) is 7.33. The Morgan fingerprint density at radius 1 is 1.27 bits per heavy atom. The molecule has 1 aromatic rings. The van der Waals surface area contributed by atoms with Gasteiger partial charge in [-0.2, -0.15) is 0 Å². The second-order valence-electron chi connectivity index (χ2n) is 2.04. The summed E-state index contributed by atoms with van der Waals surface area (Å²) in [6, 6.07) is 1.51. The molecule has 0 aliphatic carbocycles. The molecule has 0 saturated carbocycles. The minimum atomic E-state index is -0.401. The van der Waals surface area contributed by atoms with Crippen molar-refractivity contribution in [3.05, 3.63) is 22.8 Å². The largest absolute Gasteiger partial charge is 0.494 e. The number of rotatable bonds is 0. The molecule has 1 rings (SSSR count). The molecule has 5 heteroatoms. The van der Waals surface area contributed by atoms with Crippen LogP contribution in [0.2, 0.25) is 0 Å². The molecular formula is C6H9N3O2. The van der Waals surface area contributed by atoms with Crippen molar-refractivity contribution >= 4 is 11.8 Å². The molecule has 0 spiro atoms. The third-order valence-corrected chi connectivity index (χ3v) is 1.28. The molecule has 0 unspecified atom stereocenters. The van der Waals surface area contributed by atoms with Crippen LogP contribution in [0.15, 0.2) is 12.3 Å². The van der Waals surface area contributed by atoms with Crippen LogP contribution in [0.1, 0.15) is 0 Å². The summed E-state index contributed by atoms with van der Waals surface area (Å²) in [5.74, 6) is -0.778. The van der Waals surface area contributed by atoms with Crippen LogP contribution in [0.3, 0.4) is 0 Å². The number of aromatic amines is 1. The molecule has 0 aliphatic rings. The second-order valence-corrected chi connectivity index (χ2v) is 2.04. The molecule has 1 aromatic heterocycles. The summed E-state index contributed by atoms with van der Waals surface area (Å²) in [5.41, 5.74) is 10.1. The molecule has 0 saturated heterocycles. The Hall–Kier alpha value is -1.78. The van der Waals surface area contributed by atoms with Gasteiger partial charge in [-0.1, -0.05) is 0 Å². The number of aromatic nitrogens is 1. The van der Waals surface area contributed by atoms with Crippen LogP contribution in [0.25, 0.3) is 11.8 Å². The fourth-order valence-electron chi connectivity index (χ4n) is 0.795. The van der Waals surface area contributed by atoms with Crippen molar-refractivity contribution in [1.29, 1.82) is 0 Å². The summed E-state index contributed by atoms with van der Waals surface area (Å²) >= 11 is 0. The van der Waals surface area contributed by atoms with Crippen molar-refractivity contribution in [3.63, 3.8) is 0 Å². The highest BCUT2D eigenvalue weighted by Crippen LogP contribution is 1.69. The zero-order valence-electron chi connectivity index (χ0n) is 5.70. The van der Waals surface area contributed by atoms with Gasteiger partial charge in [0, 0.05) is 6.20 Å². The van der Waals surface area contributed by atoms with E-state index in [-0.39, 0.29) is 11.2 Å². The van der Waals surface area contributed by atoms with E-state index in [2.05, 4.69) is 4.98 Å². The lowest BCUT2D eigenvalue weighted by atomic mass is 10.4. The topological polar surface area (TPSA) is 108 Å². The Bertz CT molecular complexity index is 323. The van der Waals surface area contributed by atoms with Crippen LogP contribution in [0.4, 0.5) is 0 Å². The average molecular weight is 155 g/mol. The fraction of sp³-hybridized carbons (Fsp3) is 0. The molecule has 0 atom stereocenters. The Labute approximate surface area is 62.3 Å². The summed E-state index contributed by atoms with van der Waals surface area (Å²) in [6.45, 7) is 0. The molecule has 0 bridgehead atoms. The predicted octanol–water partition coefficient (Wildman–Crippen LogP) is -1.82. The first-order chi connectivity index (χ1) is 5.13. The summed E-state index contributed by atoms with van der Waals surface area (Å²) < 4.78 is 0. The average Bonchev–Trinajstić information content (AvgIpc) is 2.32. The number of hydrogen-bond donors (Lipinski definition) is 5. The minimum Gasteiger partial charge on any atom is -0.494 e. The van der Waals surface area contributed by atoms with E-state index < -0.39 is 5.88 Å². The Kier molecular flexibility index (Phi) is 1.63. The van der Waals surface area contributed by atoms with Gasteiger partial charge in [0.05, 0.1) is 5.22 Å². The van der Waals surface area contributed by atoms with E-state index in [1.54, 1.807) is 0 Å². The van der Waals surface area contributed by atoms with E-state index >= 15 is 0 Å². The first-order valence-electron chi connectivity index (χ1n) is 2.94. The SMILES string of the molecule is N/C(O)=c1/[nH]cc/c1=C(/N)O.